The number of nitriles is 1. The van der Waals surface area contributed by atoms with Crippen molar-refractivity contribution < 1.29 is 8.42 Å². The van der Waals surface area contributed by atoms with Crippen LogP contribution in [0.2, 0.25) is 5.15 Å². The first-order valence-corrected chi connectivity index (χ1v) is 8.31. The predicted molar refractivity (Wildman–Crippen MR) is 86.5 cm³/mol. The summed E-state index contributed by atoms with van der Waals surface area (Å²) in [7, 11) is -3.93. The van der Waals surface area contributed by atoms with Crippen molar-refractivity contribution in [3.8, 4) is 6.07 Å². The fourth-order valence-electron chi connectivity index (χ4n) is 1.96. The number of anilines is 1. The molecule has 0 aliphatic carbocycles. The Bertz CT molecular complexity index is 1040. The van der Waals surface area contributed by atoms with E-state index < -0.39 is 10.0 Å². The van der Waals surface area contributed by atoms with Crippen LogP contribution in [0.1, 0.15) is 5.56 Å². The van der Waals surface area contributed by atoms with Gasteiger partial charge in [-0.1, -0.05) is 29.8 Å². The van der Waals surface area contributed by atoms with E-state index in [-0.39, 0.29) is 21.4 Å². The van der Waals surface area contributed by atoms with Gasteiger partial charge in [-0.2, -0.15) is 5.26 Å². The molecule has 3 aromatic rings. The highest BCUT2D eigenvalue weighted by atomic mass is 35.5. The summed E-state index contributed by atoms with van der Waals surface area (Å²) >= 11 is 6.00. The molecule has 0 amide bonds. The molecule has 2 aromatic carbocycles. The van der Waals surface area contributed by atoms with E-state index in [9.17, 15) is 8.42 Å². The number of aromatic nitrogens is 2. The largest absolute Gasteiger partial charge is 0.263 e. The van der Waals surface area contributed by atoms with Crippen LogP contribution < -0.4 is 4.72 Å². The summed E-state index contributed by atoms with van der Waals surface area (Å²) in [6.07, 6.45) is 0. The first-order valence-electron chi connectivity index (χ1n) is 6.45. The number of rotatable bonds is 3. The van der Waals surface area contributed by atoms with Gasteiger partial charge in [-0.15, -0.1) is 0 Å². The minimum absolute atomic E-state index is 0.0521. The summed E-state index contributed by atoms with van der Waals surface area (Å²) in [6.45, 7) is 0. The fraction of sp³-hybridized carbons (Fsp3) is 0. The summed E-state index contributed by atoms with van der Waals surface area (Å²) in [5.41, 5.74) is 1.32. The first-order chi connectivity index (χ1) is 11.0. The standard InChI is InChI=1S/C15H9ClN4O2S/c16-14-15(19-13-7-2-1-6-12(13)18-14)20-23(21,22)11-5-3-4-10(8-11)9-17/h1-8H,(H,19,20). The van der Waals surface area contributed by atoms with Crippen molar-refractivity contribution in [3.63, 3.8) is 0 Å². The van der Waals surface area contributed by atoms with Gasteiger partial charge in [-0.3, -0.25) is 4.72 Å². The summed E-state index contributed by atoms with van der Waals surface area (Å²) in [5.74, 6) is -0.0623. The third-order valence-electron chi connectivity index (χ3n) is 3.03. The van der Waals surface area contributed by atoms with Crippen LogP contribution in [0.4, 0.5) is 5.82 Å². The average molecular weight is 345 g/mol. The van der Waals surface area contributed by atoms with E-state index in [1.165, 1.54) is 24.3 Å². The molecule has 1 N–H and O–H groups in total. The zero-order valence-electron chi connectivity index (χ0n) is 11.6. The molecule has 0 bridgehead atoms. The van der Waals surface area contributed by atoms with Gasteiger partial charge < -0.3 is 0 Å². The molecule has 0 saturated heterocycles. The van der Waals surface area contributed by atoms with Gasteiger partial charge in [0.05, 0.1) is 27.6 Å². The fourth-order valence-corrected chi connectivity index (χ4v) is 3.25. The van der Waals surface area contributed by atoms with Crippen LogP contribution in [0.5, 0.6) is 0 Å². The van der Waals surface area contributed by atoms with Crippen LogP contribution in [0.25, 0.3) is 11.0 Å². The van der Waals surface area contributed by atoms with E-state index in [1.807, 2.05) is 6.07 Å². The lowest BCUT2D eigenvalue weighted by atomic mass is 10.2. The zero-order chi connectivity index (χ0) is 16.4. The molecule has 0 saturated carbocycles. The first kappa shape index (κ1) is 15.2. The minimum Gasteiger partial charge on any atom is -0.261 e. The van der Waals surface area contributed by atoms with Crippen LogP contribution in [0.3, 0.4) is 0 Å². The molecule has 114 valence electrons. The molecule has 0 fully saturated rings. The summed E-state index contributed by atoms with van der Waals surface area (Å²) in [6, 6.07) is 14.5. The quantitative estimate of drug-likeness (QED) is 0.788. The van der Waals surface area contributed by atoms with Crippen molar-refractivity contribution >= 4 is 38.5 Å². The highest BCUT2D eigenvalue weighted by molar-refractivity contribution is 7.92. The Morgan fingerprint density at radius 1 is 1.04 bits per heavy atom. The molecule has 0 radical (unpaired) electrons. The zero-order valence-corrected chi connectivity index (χ0v) is 13.1. The van der Waals surface area contributed by atoms with Gasteiger partial charge in [0.25, 0.3) is 10.0 Å². The van der Waals surface area contributed by atoms with Crippen molar-refractivity contribution in [2.45, 2.75) is 4.90 Å². The van der Waals surface area contributed by atoms with Gasteiger partial charge >= 0.3 is 0 Å². The average Bonchev–Trinajstić information content (AvgIpc) is 2.55. The van der Waals surface area contributed by atoms with E-state index in [2.05, 4.69) is 14.7 Å². The van der Waals surface area contributed by atoms with Gasteiger partial charge in [0, 0.05) is 0 Å². The van der Waals surface area contributed by atoms with E-state index >= 15 is 0 Å². The molecular formula is C15H9ClN4O2S. The molecule has 23 heavy (non-hydrogen) atoms. The van der Waals surface area contributed by atoms with Gasteiger partial charge in [-0.25, -0.2) is 18.4 Å². The number of hydrogen-bond acceptors (Lipinski definition) is 5. The molecule has 3 rings (SSSR count). The van der Waals surface area contributed by atoms with Crippen molar-refractivity contribution in [1.82, 2.24) is 9.97 Å². The van der Waals surface area contributed by atoms with Crippen molar-refractivity contribution in [1.29, 1.82) is 5.26 Å². The van der Waals surface area contributed by atoms with Crippen LogP contribution in [0.15, 0.2) is 53.4 Å². The van der Waals surface area contributed by atoms with E-state index in [4.69, 9.17) is 16.9 Å². The number of benzene rings is 2. The Morgan fingerprint density at radius 3 is 2.43 bits per heavy atom. The summed E-state index contributed by atoms with van der Waals surface area (Å²) < 4.78 is 27.1. The number of halogens is 1. The maximum absolute atomic E-state index is 12.4. The molecule has 1 aromatic heterocycles. The maximum atomic E-state index is 12.4. The Kier molecular flexibility index (Phi) is 3.86. The molecule has 6 nitrogen and oxygen atoms in total. The lowest BCUT2D eigenvalue weighted by Gasteiger charge is -2.09. The monoisotopic (exact) mass is 344 g/mol. The molecule has 1 heterocycles. The SMILES string of the molecule is N#Cc1cccc(S(=O)(=O)Nc2nc3ccccc3nc2Cl)c1. The van der Waals surface area contributed by atoms with Crippen molar-refractivity contribution in [2.24, 2.45) is 0 Å². The highest BCUT2D eigenvalue weighted by Gasteiger charge is 2.18. The number of nitrogens with one attached hydrogen (secondary N) is 1. The van der Waals surface area contributed by atoms with Gasteiger partial charge in [0.2, 0.25) is 0 Å². The molecule has 0 atom stereocenters. The Labute approximate surface area is 137 Å². The number of sulfonamides is 1. The second kappa shape index (κ2) is 5.83. The van der Waals surface area contributed by atoms with Crippen LogP contribution in [0, 0.1) is 11.3 Å². The van der Waals surface area contributed by atoms with E-state index in [0.717, 1.165) is 0 Å². The number of para-hydroxylation sites is 2. The van der Waals surface area contributed by atoms with E-state index in [1.54, 1.807) is 24.3 Å². The molecule has 0 aliphatic rings. The lowest BCUT2D eigenvalue weighted by molar-refractivity contribution is 0.601. The molecular weight excluding hydrogens is 336 g/mol. The normalized spacial score (nSPS) is 11.1. The van der Waals surface area contributed by atoms with Crippen LogP contribution in [-0.2, 0) is 10.0 Å². The smallest absolute Gasteiger partial charge is 0.261 e. The Balaban J connectivity index is 2.03. The molecule has 0 spiro atoms. The van der Waals surface area contributed by atoms with Crippen molar-refractivity contribution in [2.75, 3.05) is 4.72 Å². The van der Waals surface area contributed by atoms with E-state index in [0.29, 0.717) is 11.0 Å². The maximum Gasteiger partial charge on any atom is 0.263 e. The Morgan fingerprint density at radius 2 is 1.74 bits per heavy atom. The second-order valence-corrected chi connectivity index (χ2v) is 6.64. The lowest BCUT2D eigenvalue weighted by Crippen LogP contribution is -2.15. The molecule has 0 aliphatic heterocycles. The topological polar surface area (TPSA) is 95.7 Å². The third-order valence-corrected chi connectivity index (χ3v) is 4.63. The summed E-state index contributed by atoms with van der Waals surface area (Å²) in [4.78, 5) is 8.24. The van der Waals surface area contributed by atoms with Crippen LogP contribution in [-0.4, -0.2) is 18.4 Å². The predicted octanol–water partition coefficient (Wildman–Crippen LogP) is 2.96. The molecule has 8 heteroatoms. The van der Waals surface area contributed by atoms with Gasteiger partial charge in [0.15, 0.2) is 11.0 Å². The number of nitrogens with zero attached hydrogens (tertiary/aromatic N) is 3. The Hall–Kier alpha value is -2.69. The number of hydrogen-bond donors (Lipinski definition) is 1. The third kappa shape index (κ3) is 3.08. The summed E-state index contributed by atoms with van der Waals surface area (Å²) in [5, 5.41) is 8.82. The highest BCUT2D eigenvalue weighted by Crippen LogP contribution is 2.24. The second-order valence-electron chi connectivity index (χ2n) is 4.60. The van der Waals surface area contributed by atoms with Gasteiger partial charge in [0.1, 0.15) is 0 Å². The van der Waals surface area contributed by atoms with Crippen molar-refractivity contribution in [3.05, 3.63) is 59.2 Å². The number of fused-ring (bicyclic) bond motifs is 1. The molecule has 0 unspecified atom stereocenters. The minimum atomic E-state index is -3.93. The van der Waals surface area contributed by atoms with Crippen LogP contribution >= 0.6 is 11.6 Å². The van der Waals surface area contributed by atoms with Gasteiger partial charge in [-0.05, 0) is 30.3 Å².